The molecule has 0 aromatic heterocycles. The van der Waals surface area contributed by atoms with Crippen LogP contribution in [0.2, 0.25) is 0 Å². The van der Waals surface area contributed by atoms with Crippen LogP contribution in [0.4, 0.5) is 0 Å². The van der Waals surface area contributed by atoms with Crippen LogP contribution in [-0.2, 0) is 14.3 Å². The molecule has 1 heterocycles. The first-order valence-corrected chi connectivity index (χ1v) is 7.09. The van der Waals surface area contributed by atoms with Crippen molar-refractivity contribution >= 4 is 5.97 Å². The number of rotatable bonds is 7. The zero-order chi connectivity index (χ0) is 15.2. The molecule has 0 aliphatic carbocycles. The third kappa shape index (κ3) is 6.65. The summed E-state index contributed by atoms with van der Waals surface area (Å²) in [5.74, 6) is -0.858. The van der Waals surface area contributed by atoms with Crippen molar-refractivity contribution in [3.05, 3.63) is 0 Å². The Morgan fingerprint density at radius 1 is 1.50 bits per heavy atom. The van der Waals surface area contributed by atoms with Crippen LogP contribution in [0.3, 0.4) is 0 Å². The molecule has 0 bridgehead atoms. The fourth-order valence-corrected chi connectivity index (χ4v) is 2.22. The number of carboxylic acid groups (broad SMARTS) is 1. The Morgan fingerprint density at radius 3 is 2.70 bits per heavy atom. The van der Waals surface area contributed by atoms with E-state index in [9.17, 15) is 9.90 Å². The molecule has 118 valence electrons. The molecule has 1 rings (SSSR count). The van der Waals surface area contributed by atoms with Crippen molar-refractivity contribution in [2.24, 2.45) is 0 Å². The van der Waals surface area contributed by atoms with E-state index in [1.165, 1.54) is 0 Å². The number of hydrogen-bond acceptors (Lipinski definition) is 5. The van der Waals surface area contributed by atoms with E-state index in [0.717, 1.165) is 12.8 Å². The number of nitrogens with one attached hydrogen (secondary N) is 1. The van der Waals surface area contributed by atoms with Crippen LogP contribution in [0, 0.1) is 0 Å². The minimum Gasteiger partial charge on any atom is -0.481 e. The summed E-state index contributed by atoms with van der Waals surface area (Å²) in [6.07, 6.45) is 0.905. The Hall–Kier alpha value is -0.690. The number of carboxylic acids is 1. The molecule has 3 N–H and O–H groups in total. The first-order chi connectivity index (χ1) is 9.22. The molecule has 0 aromatic rings. The molecule has 1 fully saturated rings. The highest BCUT2D eigenvalue weighted by Gasteiger charge is 2.35. The Labute approximate surface area is 120 Å². The van der Waals surface area contributed by atoms with Gasteiger partial charge < -0.3 is 25.0 Å². The van der Waals surface area contributed by atoms with Crippen molar-refractivity contribution in [1.82, 2.24) is 5.32 Å². The fraction of sp³-hybridized carbons (Fsp3) is 0.929. The van der Waals surface area contributed by atoms with Crippen molar-refractivity contribution in [1.29, 1.82) is 0 Å². The Bertz CT molecular complexity index is 307. The van der Waals surface area contributed by atoms with Gasteiger partial charge in [0.25, 0.3) is 0 Å². The molecule has 6 nitrogen and oxygen atoms in total. The first kappa shape index (κ1) is 17.4. The molecule has 0 amide bonds. The molecule has 1 aliphatic heterocycles. The highest BCUT2D eigenvalue weighted by atomic mass is 16.5. The van der Waals surface area contributed by atoms with E-state index in [1.54, 1.807) is 0 Å². The summed E-state index contributed by atoms with van der Waals surface area (Å²) >= 11 is 0. The van der Waals surface area contributed by atoms with Gasteiger partial charge in [0.15, 0.2) is 0 Å². The maximum Gasteiger partial charge on any atom is 0.305 e. The van der Waals surface area contributed by atoms with Crippen LogP contribution >= 0.6 is 0 Å². The molecule has 0 radical (unpaired) electrons. The van der Waals surface area contributed by atoms with Gasteiger partial charge >= 0.3 is 5.97 Å². The predicted octanol–water partition coefficient (Wildman–Crippen LogP) is 0.776. The highest BCUT2D eigenvalue weighted by Crippen LogP contribution is 2.23. The van der Waals surface area contributed by atoms with Crippen molar-refractivity contribution in [3.63, 3.8) is 0 Å². The SMILES string of the molecule is CC(C)(C)OCC(O)CNC1(CC(=O)O)CCCOC1. The maximum atomic E-state index is 11.0. The summed E-state index contributed by atoms with van der Waals surface area (Å²) in [7, 11) is 0. The van der Waals surface area contributed by atoms with Gasteiger partial charge in [-0.2, -0.15) is 0 Å². The molecule has 1 saturated heterocycles. The fourth-order valence-electron chi connectivity index (χ4n) is 2.22. The summed E-state index contributed by atoms with van der Waals surface area (Å²) in [6.45, 7) is 7.33. The quantitative estimate of drug-likeness (QED) is 0.642. The van der Waals surface area contributed by atoms with Gasteiger partial charge in [-0.25, -0.2) is 0 Å². The second kappa shape index (κ2) is 7.36. The van der Waals surface area contributed by atoms with Crippen molar-refractivity contribution in [2.45, 2.75) is 57.3 Å². The van der Waals surface area contributed by atoms with Gasteiger partial charge in [0, 0.05) is 13.2 Å². The second-order valence-corrected chi connectivity index (χ2v) is 6.47. The van der Waals surface area contributed by atoms with Crippen molar-refractivity contribution in [2.75, 3.05) is 26.4 Å². The van der Waals surface area contributed by atoms with Crippen LogP contribution in [-0.4, -0.2) is 59.8 Å². The minimum absolute atomic E-state index is 0.000151. The van der Waals surface area contributed by atoms with Gasteiger partial charge in [-0.1, -0.05) is 0 Å². The lowest BCUT2D eigenvalue weighted by Gasteiger charge is -2.37. The summed E-state index contributed by atoms with van der Waals surface area (Å²) in [6, 6.07) is 0. The summed E-state index contributed by atoms with van der Waals surface area (Å²) in [5.41, 5.74) is -0.875. The van der Waals surface area contributed by atoms with Crippen LogP contribution in [0.15, 0.2) is 0 Å². The lowest BCUT2D eigenvalue weighted by atomic mass is 9.88. The number of aliphatic carboxylic acids is 1. The molecule has 20 heavy (non-hydrogen) atoms. The normalized spacial score (nSPS) is 25.4. The molecule has 0 aromatic carbocycles. The summed E-state index contributed by atoms with van der Waals surface area (Å²) in [5, 5.41) is 22.1. The number of aliphatic hydroxyl groups excluding tert-OH is 1. The van der Waals surface area contributed by atoms with Crippen molar-refractivity contribution < 1.29 is 24.5 Å². The lowest BCUT2D eigenvalue weighted by Crippen LogP contribution is -2.55. The van der Waals surface area contributed by atoms with Gasteiger partial charge in [-0.3, -0.25) is 4.79 Å². The van der Waals surface area contributed by atoms with Crippen LogP contribution in [0.25, 0.3) is 0 Å². The van der Waals surface area contributed by atoms with Gasteiger partial charge in [0.05, 0.1) is 36.9 Å². The molecule has 2 atom stereocenters. The van der Waals surface area contributed by atoms with Crippen LogP contribution < -0.4 is 5.32 Å². The van der Waals surface area contributed by atoms with Crippen LogP contribution in [0.5, 0.6) is 0 Å². The standard InChI is InChI=1S/C14H27NO5/c1-13(2,3)20-9-11(16)8-15-14(7-12(17)18)5-4-6-19-10-14/h11,15-16H,4-10H2,1-3H3,(H,17,18). The van der Waals surface area contributed by atoms with E-state index in [0.29, 0.717) is 19.8 Å². The molecular formula is C14H27NO5. The smallest absolute Gasteiger partial charge is 0.305 e. The Balaban J connectivity index is 2.43. The molecule has 6 heteroatoms. The van der Waals surface area contributed by atoms with E-state index in [1.807, 2.05) is 20.8 Å². The number of aliphatic hydroxyl groups is 1. The molecular weight excluding hydrogens is 262 g/mol. The number of ether oxygens (including phenoxy) is 2. The zero-order valence-corrected chi connectivity index (χ0v) is 12.6. The average Bonchev–Trinajstić information content (AvgIpc) is 2.33. The zero-order valence-electron chi connectivity index (χ0n) is 12.6. The minimum atomic E-state index is -0.858. The number of β-amino-alcohol motifs (C(OH)–C–C–N with tert-alkyl or cyclic N) is 1. The largest absolute Gasteiger partial charge is 0.481 e. The summed E-state index contributed by atoms with van der Waals surface area (Å²) < 4.78 is 10.9. The molecule has 1 aliphatic rings. The topological polar surface area (TPSA) is 88.0 Å². The Kier molecular flexibility index (Phi) is 6.39. The van der Waals surface area contributed by atoms with Crippen LogP contribution in [0.1, 0.15) is 40.0 Å². The van der Waals surface area contributed by atoms with E-state index in [2.05, 4.69) is 5.32 Å². The molecule has 0 saturated carbocycles. The monoisotopic (exact) mass is 289 g/mol. The highest BCUT2D eigenvalue weighted by molar-refractivity contribution is 5.68. The molecule has 2 unspecified atom stereocenters. The van der Waals surface area contributed by atoms with E-state index < -0.39 is 17.6 Å². The van der Waals surface area contributed by atoms with E-state index >= 15 is 0 Å². The van der Waals surface area contributed by atoms with E-state index in [-0.39, 0.29) is 18.6 Å². The lowest BCUT2D eigenvalue weighted by molar-refractivity contribution is -0.140. The number of hydrogen-bond donors (Lipinski definition) is 3. The maximum absolute atomic E-state index is 11.0. The Morgan fingerprint density at radius 2 is 2.20 bits per heavy atom. The van der Waals surface area contributed by atoms with Crippen molar-refractivity contribution in [3.8, 4) is 0 Å². The summed E-state index contributed by atoms with van der Waals surface area (Å²) in [4.78, 5) is 11.0. The average molecular weight is 289 g/mol. The predicted molar refractivity (Wildman–Crippen MR) is 74.8 cm³/mol. The number of carbonyl (C=O) groups is 1. The third-order valence-corrected chi connectivity index (χ3v) is 3.23. The van der Waals surface area contributed by atoms with E-state index in [4.69, 9.17) is 14.6 Å². The van der Waals surface area contributed by atoms with Gasteiger partial charge in [0.1, 0.15) is 0 Å². The van der Waals surface area contributed by atoms with Gasteiger partial charge in [-0.05, 0) is 33.6 Å². The van der Waals surface area contributed by atoms with Gasteiger partial charge in [-0.15, -0.1) is 0 Å². The van der Waals surface area contributed by atoms with Gasteiger partial charge in [0.2, 0.25) is 0 Å². The third-order valence-electron chi connectivity index (χ3n) is 3.23. The first-order valence-electron chi connectivity index (χ1n) is 7.09. The second-order valence-electron chi connectivity index (χ2n) is 6.47. The molecule has 0 spiro atoms.